The van der Waals surface area contributed by atoms with Crippen LogP contribution in [-0.4, -0.2) is 19.2 Å². The molecule has 0 saturated carbocycles. The lowest BCUT2D eigenvalue weighted by atomic mass is 10.2. The van der Waals surface area contributed by atoms with Crippen molar-refractivity contribution in [2.24, 2.45) is 0 Å². The summed E-state index contributed by atoms with van der Waals surface area (Å²) in [5, 5.41) is 3.30. The van der Waals surface area contributed by atoms with Gasteiger partial charge in [0.1, 0.15) is 0 Å². The Labute approximate surface area is 126 Å². The molecule has 0 bridgehead atoms. The van der Waals surface area contributed by atoms with Gasteiger partial charge in [-0.3, -0.25) is 0 Å². The van der Waals surface area contributed by atoms with E-state index in [9.17, 15) is 8.42 Å². The average molecular weight is 306 g/mol. The summed E-state index contributed by atoms with van der Waals surface area (Å²) in [6.07, 6.45) is 1.22. The molecule has 21 heavy (non-hydrogen) atoms. The van der Waals surface area contributed by atoms with Crippen LogP contribution in [0, 0.1) is 13.8 Å². The molecule has 1 heterocycles. The minimum Gasteiger partial charge on any atom is -0.381 e. The Morgan fingerprint density at radius 1 is 1.19 bits per heavy atom. The Kier molecular flexibility index (Phi) is 4.42. The van der Waals surface area contributed by atoms with Crippen LogP contribution in [0.1, 0.15) is 23.9 Å². The summed E-state index contributed by atoms with van der Waals surface area (Å²) in [6, 6.07) is 9.10. The summed E-state index contributed by atoms with van der Waals surface area (Å²) >= 11 is 0. The van der Waals surface area contributed by atoms with Crippen molar-refractivity contribution in [3.05, 3.63) is 47.3 Å². The van der Waals surface area contributed by atoms with Gasteiger partial charge in [0, 0.05) is 36.4 Å². The number of nitrogens with one attached hydrogen (secondary N) is 1. The number of hydrogen-bond acceptors (Lipinski definition) is 3. The third kappa shape index (κ3) is 3.47. The van der Waals surface area contributed by atoms with Gasteiger partial charge in [-0.25, -0.2) is 8.42 Å². The molecule has 0 saturated heterocycles. The molecule has 0 atom stereocenters. The molecule has 2 rings (SSSR count). The highest BCUT2D eigenvalue weighted by atomic mass is 32.2. The lowest BCUT2D eigenvalue weighted by Gasteiger charge is -2.09. The molecule has 0 spiro atoms. The molecule has 0 aliphatic rings. The van der Waals surface area contributed by atoms with Gasteiger partial charge in [-0.15, -0.1) is 0 Å². The van der Waals surface area contributed by atoms with Gasteiger partial charge in [0.15, 0.2) is 9.84 Å². The second kappa shape index (κ2) is 5.93. The summed E-state index contributed by atoms with van der Waals surface area (Å²) in [6.45, 7) is 7.99. The highest BCUT2D eigenvalue weighted by Crippen LogP contribution is 2.19. The third-order valence-corrected chi connectivity index (χ3v) is 4.85. The Morgan fingerprint density at radius 3 is 2.48 bits per heavy atom. The third-order valence-electron chi connectivity index (χ3n) is 3.74. The molecule has 0 radical (unpaired) electrons. The van der Waals surface area contributed by atoms with Crippen LogP contribution in [0.5, 0.6) is 0 Å². The Bertz CT molecular complexity index is 746. The van der Waals surface area contributed by atoms with Gasteiger partial charge >= 0.3 is 0 Å². The van der Waals surface area contributed by atoms with Crippen LogP contribution in [0.15, 0.2) is 35.2 Å². The molecule has 0 fully saturated rings. The Hall–Kier alpha value is -1.75. The topological polar surface area (TPSA) is 51.1 Å². The number of nitrogens with zero attached hydrogens (tertiary/aromatic N) is 1. The first-order valence-electron chi connectivity index (χ1n) is 7.02. The molecule has 114 valence electrons. The highest BCUT2D eigenvalue weighted by Gasteiger charge is 2.09. The molecule has 0 amide bonds. The number of aromatic nitrogens is 1. The number of anilines is 1. The highest BCUT2D eigenvalue weighted by molar-refractivity contribution is 7.90. The maximum atomic E-state index is 11.6. The van der Waals surface area contributed by atoms with E-state index in [1.807, 2.05) is 6.07 Å². The van der Waals surface area contributed by atoms with E-state index in [1.165, 1.54) is 23.2 Å². The minimum atomic E-state index is -3.17. The number of rotatable bonds is 5. The molecule has 1 aromatic heterocycles. The lowest BCUT2D eigenvalue weighted by Crippen LogP contribution is -2.04. The fourth-order valence-corrected chi connectivity index (χ4v) is 3.24. The quantitative estimate of drug-likeness (QED) is 0.923. The smallest absolute Gasteiger partial charge is 0.175 e. The lowest BCUT2D eigenvalue weighted by molar-refractivity contribution is 0.602. The molecule has 4 nitrogen and oxygen atoms in total. The van der Waals surface area contributed by atoms with Crippen LogP contribution in [0.4, 0.5) is 5.69 Å². The van der Waals surface area contributed by atoms with E-state index in [0.29, 0.717) is 11.4 Å². The van der Waals surface area contributed by atoms with Crippen molar-refractivity contribution < 1.29 is 8.42 Å². The van der Waals surface area contributed by atoms with Gasteiger partial charge in [0.2, 0.25) is 0 Å². The number of sulfone groups is 1. The summed E-state index contributed by atoms with van der Waals surface area (Å²) in [5.41, 5.74) is 4.55. The van der Waals surface area contributed by atoms with Gasteiger partial charge in [-0.2, -0.15) is 0 Å². The van der Waals surface area contributed by atoms with E-state index in [1.54, 1.807) is 18.2 Å². The second-order valence-electron chi connectivity index (χ2n) is 5.29. The van der Waals surface area contributed by atoms with E-state index in [-0.39, 0.29) is 0 Å². The van der Waals surface area contributed by atoms with Gasteiger partial charge in [-0.05, 0) is 50.6 Å². The van der Waals surface area contributed by atoms with Crippen molar-refractivity contribution in [1.29, 1.82) is 0 Å². The van der Waals surface area contributed by atoms with Gasteiger partial charge in [0.05, 0.1) is 4.90 Å². The summed E-state index contributed by atoms with van der Waals surface area (Å²) < 4.78 is 25.4. The van der Waals surface area contributed by atoms with Crippen LogP contribution >= 0.6 is 0 Å². The van der Waals surface area contributed by atoms with E-state index in [2.05, 4.69) is 36.7 Å². The van der Waals surface area contributed by atoms with Crippen molar-refractivity contribution in [2.45, 2.75) is 38.8 Å². The molecule has 1 aromatic carbocycles. The second-order valence-corrected chi connectivity index (χ2v) is 7.31. The first kappa shape index (κ1) is 15.6. The van der Waals surface area contributed by atoms with E-state index < -0.39 is 9.84 Å². The van der Waals surface area contributed by atoms with Gasteiger partial charge in [0.25, 0.3) is 0 Å². The van der Waals surface area contributed by atoms with Crippen LogP contribution < -0.4 is 5.32 Å². The molecule has 2 aromatic rings. The minimum absolute atomic E-state index is 0.339. The summed E-state index contributed by atoms with van der Waals surface area (Å²) in [5.74, 6) is 0. The predicted molar refractivity (Wildman–Crippen MR) is 86.5 cm³/mol. The van der Waals surface area contributed by atoms with Crippen LogP contribution in [0.25, 0.3) is 0 Å². The summed E-state index contributed by atoms with van der Waals surface area (Å²) in [4.78, 5) is 0.339. The molecular formula is C16H22N2O2S. The first-order chi connectivity index (χ1) is 9.82. The average Bonchev–Trinajstić information content (AvgIpc) is 2.70. The maximum absolute atomic E-state index is 11.6. The molecular weight excluding hydrogens is 284 g/mol. The normalized spacial score (nSPS) is 11.6. The fourth-order valence-electron chi connectivity index (χ4n) is 2.57. The van der Waals surface area contributed by atoms with Crippen LogP contribution in [-0.2, 0) is 22.9 Å². The molecule has 0 unspecified atom stereocenters. The zero-order chi connectivity index (χ0) is 15.6. The van der Waals surface area contributed by atoms with Gasteiger partial charge < -0.3 is 9.88 Å². The Balaban J connectivity index is 2.17. The monoisotopic (exact) mass is 306 g/mol. The molecule has 1 N–H and O–H groups in total. The zero-order valence-corrected chi connectivity index (χ0v) is 13.8. The van der Waals surface area contributed by atoms with E-state index >= 15 is 0 Å². The van der Waals surface area contributed by atoms with E-state index in [4.69, 9.17) is 0 Å². The van der Waals surface area contributed by atoms with E-state index in [0.717, 1.165) is 12.2 Å². The van der Waals surface area contributed by atoms with Gasteiger partial charge in [-0.1, -0.05) is 6.07 Å². The van der Waals surface area contributed by atoms with Crippen molar-refractivity contribution in [2.75, 3.05) is 11.6 Å². The van der Waals surface area contributed by atoms with Crippen LogP contribution in [0.3, 0.4) is 0 Å². The van der Waals surface area contributed by atoms with Crippen LogP contribution in [0.2, 0.25) is 0 Å². The first-order valence-corrected chi connectivity index (χ1v) is 8.91. The number of hydrogen-bond donors (Lipinski definition) is 1. The standard InChI is InChI=1S/C16H22N2O2S/c1-5-18-12(2)9-14(13(18)3)11-17-15-7-6-8-16(10-15)21(4,19)20/h6-10,17H,5,11H2,1-4H3. The van der Waals surface area contributed by atoms with Crippen molar-refractivity contribution in [3.63, 3.8) is 0 Å². The van der Waals surface area contributed by atoms with Crippen molar-refractivity contribution in [3.8, 4) is 0 Å². The number of benzene rings is 1. The van der Waals surface area contributed by atoms with Crippen molar-refractivity contribution >= 4 is 15.5 Å². The maximum Gasteiger partial charge on any atom is 0.175 e. The van der Waals surface area contributed by atoms with Crippen molar-refractivity contribution in [1.82, 2.24) is 4.57 Å². The predicted octanol–water partition coefficient (Wildman–Crippen LogP) is 3.14. The molecule has 0 aliphatic carbocycles. The largest absolute Gasteiger partial charge is 0.381 e. The summed E-state index contributed by atoms with van der Waals surface area (Å²) in [7, 11) is -3.17. The molecule has 5 heteroatoms. The fraction of sp³-hybridized carbons (Fsp3) is 0.375. The SMILES string of the molecule is CCn1c(C)cc(CNc2cccc(S(C)(=O)=O)c2)c1C. The molecule has 0 aliphatic heterocycles. The number of aryl methyl sites for hydroxylation is 1. The Morgan fingerprint density at radius 2 is 1.90 bits per heavy atom. The zero-order valence-electron chi connectivity index (χ0n) is 13.0.